The molecule has 1 atom stereocenters. The second-order valence-corrected chi connectivity index (χ2v) is 13.6. The Hall–Kier alpha value is -4.34. The monoisotopic (exact) mass is 846 g/mol. The van der Waals surface area contributed by atoms with Crippen LogP contribution in [0.2, 0.25) is 5.02 Å². The van der Waals surface area contributed by atoms with Crippen molar-refractivity contribution in [3.63, 3.8) is 0 Å². The summed E-state index contributed by atoms with van der Waals surface area (Å²) in [6.07, 6.45) is 1.77. The highest BCUT2D eigenvalue weighted by Gasteiger charge is 2.34. The minimum Gasteiger partial charge on any atom is -0.490 e. The molecule has 1 aliphatic heterocycles. The predicted octanol–water partition coefficient (Wildman–Crippen LogP) is 5.98. The number of esters is 2. The van der Waals surface area contributed by atoms with Crippen LogP contribution < -0.4 is 33.8 Å². The normalized spacial score (nSPS) is 14.0. The Morgan fingerprint density at radius 3 is 2.43 bits per heavy atom. The van der Waals surface area contributed by atoms with Crippen molar-refractivity contribution in [2.75, 3.05) is 33.5 Å². The molecule has 268 valence electrons. The van der Waals surface area contributed by atoms with Crippen LogP contribution in [0, 0.1) is 3.57 Å². The van der Waals surface area contributed by atoms with Crippen molar-refractivity contribution >= 4 is 63.5 Å². The molecule has 5 rings (SSSR count). The fourth-order valence-electron chi connectivity index (χ4n) is 5.39. The Balaban J connectivity index is 1.60. The molecule has 0 amide bonds. The topological polar surface area (TPSA) is 124 Å². The largest absolute Gasteiger partial charge is 0.490 e. The van der Waals surface area contributed by atoms with Gasteiger partial charge in [-0.3, -0.25) is 9.36 Å². The van der Waals surface area contributed by atoms with E-state index in [4.69, 9.17) is 40.0 Å². The van der Waals surface area contributed by atoms with E-state index in [1.54, 1.807) is 44.2 Å². The lowest BCUT2D eigenvalue weighted by atomic mass is 9.95. The molecule has 4 aromatic rings. The van der Waals surface area contributed by atoms with E-state index in [2.05, 4.69) is 27.6 Å². The molecule has 0 N–H and O–H groups in total. The molecule has 11 nitrogen and oxygen atoms in total. The number of rotatable bonds is 14. The number of fused-ring (bicyclic) bond motifs is 1. The van der Waals surface area contributed by atoms with E-state index >= 15 is 0 Å². The van der Waals surface area contributed by atoms with Gasteiger partial charge in [0.15, 0.2) is 34.4 Å². The first-order chi connectivity index (χ1) is 24.6. The zero-order chi connectivity index (χ0) is 36.7. The second kappa shape index (κ2) is 17.2. The lowest BCUT2D eigenvalue weighted by Crippen LogP contribution is -2.40. The Labute approximate surface area is 317 Å². The van der Waals surface area contributed by atoms with E-state index in [0.29, 0.717) is 74.0 Å². The summed E-state index contributed by atoms with van der Waals surface area (Å²) in [5.41, 5.74) is 2.47. The number of carbonyl (C=O) groups excluding carboxylic acids is 2. The average Bonchev–Trinajstić information content (AvgIpc) is 3.40. The van der Waals surface area contributed by atoms with Gasteiger partial charge in [-0.15, -0.1) is 0 Å². The number of halogens is 2. The number of thiazole rings is 1. The number of hydrogen-bond acceptors (Lipinski definition) is 11. The highest BCUT2D eigenvalue weighted by molar-refractivity contribution is 14.1. The number of carbonyl (C=O) groups is 2. The summed E-state index contributed by atoms with van der Waals surface area (Å²) in [4.78, 5) is 44.6. The number of hydrogen-bond donors (Lipinski definition) is 0. The van der Waals surface area contributed by atoms with Gasteiger partial charge in [-0.05, 0) is 109 Å². The van der Waals surface area contributed by atoms with Gasteiger partial charge >= 0.3 is 11.9 Å². The van der Waals surface area contributed by atoms with Crippen LogP contribution in [-0.2, 0) is 25.7 Å². The van der Waals surface area contributed by atoms with Crippen molar-refractivity contribution in [2.45, 2.75) is 40.3 Å². The van der Waals surface area contributed by atoms with E-state index in [1.807, 2.05) is 44.2 Å². The number of aromatic nitrogens is 1. The molecule has 0 saturated carbocycles. The second-order valence-electron chi connectivity index (χ2n) is 11.0. The molecule has 0 aliphatic carbocycles. The van der Waals surface area contributed by atoms with Gasteiger partial charge in [-0.2, -0.15) is 0 Å². The van der Waals surface area contributed by atoms with Crippen LogP contribution in [0.1, 0.15) is 50.4 Å². The molecule has 1 aliphatic rings. The summed E-state index contributed by atoms with van der Waals surface area (Å²) in [6.45, 7) is 7.93. The lowest BCUT2D eigenvalue weighted by molar-refractivity contribution is -0.143. The Morgan fingerprint density at radius 2 is 1.73 bits per heavy atom. The van der Waals surface area contributed by atoms with Crippen molar-refractivity contribution in [2.24, 2.45) is 4.99 Å². The zero-order valence-electron chi connectivity index (χ0n) is 28.6. The van der Waals surface area contributed by atoms with E-state index in [9.17, 15) is 14.4 Å². The maximum absolute atomic E-state index is 14.3. The van der Waals surface area contributed by atoms with Gasteiger partial charge in [0.1, 0.15) is 6.61 Å². The van der Waals surface area contributed by atoms with E-state index in [-0.39, 0.29) is 24.3 Å². The number of benzene rings is 3. The van der Waals surface area contributed by atoms with Gasteiger partial charge in [-0.25, -0.2) is 14.6 Å². The fourth-order valence-corrected chi connectivity index (χ4v) is 7.43. The first kappa shape index (κ1) is 37.9. The Bertz CT molecular complexity index is 2160. The third-order valence-corrected chi connectivity index (χ3v) is 9.59. The van der Waals surface area contributed by atoms with E-state index < -0.39 is 18.0 Å². The summed E-state index contributed by atoms with van der Waals surface area (Å²) in [5, 5.41) is 0.621. The zero-order valence-corrected chi connectivity index (χ0v) is 32.3. The maximum Gasteiger partial charge on any atom is 0.343 e. The van der Waals surface area contributed by atoms with Gasteiger partial charge in [0.05, 0.1) is 52.3 Å². The fraction of sp³-hybridized carbons (Fsp3) is 0.297. The smallest absolute Gasteiger partial charge is 0.343 e. The van der Waals surface area contributed by atoms with Crippen LogP contribution >= 0.6 is 45.5 Å². The summed E-state index contributed by atoms with van der Waals surface area (Å²) < 4.78 is 36.5. The molecule has 14 heteroatoms. The molecule has 51 heavy (non-hydrogen) atoms. The first-order valence-electron chi connectivity index (χ1n) is 16.1. The van der Waals surface area contributed by atoms with E-state index in [1.165, 1.54) is 23.0 Å². The molecule has 1 aromatic heterocycles. The molecular formula is C37H36ClIN2O9S. The Morgan fingerprint density at radius 1 is 0.961 bits per heavy atom. The first-order valence-corrected chi connectivity index (χ1v) is 18.3. The number of allylic oxidation sites excluding steroid dienone is 1. The van der Waals surface area contributed by atoms with Crippen LogP contribution in [0.15, 0.2) is 75.7 Å². The van der Waals surface area contributed by atoms with Crippen LogP contribution in [0.5, 0.6) is 23.0 Å². The minimum absolute atomic E-state index is 0.136. The average molecular weight is 847 g/mol. The summed E-state index contributed by atoms with van der Waals surface area (Å²) in [5.74, 6) is 0.591. The van der Waals surface area contributed by atoms with Gasteiger partial charge in [0.25, 0.3) is 5.56 Å². The molecule has 0 unspecified atom stereocenters. The summed E-state index contributed by atoms with van der Waals surface area (Å²) in [6, 6.07) is 15.3. The van der Waals surface area contributed by atoms with E-state index in [0.717, 1.165) is 9.13 Å². The van der Waals surface area contributed by atoms with Gasteiger partial charge in [-0.1, -0.05) is 41.1 Å². The Kier molecular flexibility index (Phi) is 12.8. The molecule has 0 saturated heterocycles. The van der Waals surface area contributed by atoms with Gasteiger partial charge < -0.3 is 28.4 Å². The molecule has 0 radical (unpaired) electrons. The lowest BCUT2D eigenvalue weighted by Gasteiger charge is -2.25. The highest BCUT2D eigenvalue weighted by Crippen LogP contribution is 2.37. The molecule has 2 heterocycles. The van der Waals surface area contributed by atoms with Crippen LogP contribution in [0.3, 0.4) is 0 Å². The third kappa shape index (κ3) is 8.76. The molecule has 0 bridgehead atoms. The number of ether oxygens (including phenoxy) is 6. The summed E-state index contributed by atoms with van der Waals surface area (Å²) in [7, 11) is 1.27. The van der Waals surface area contributed by atoms with Gasteiger partial charge in [0, 0.05) is 5.02 Å². The van der Waals surface area contributed by atoms with Crippen molar-refractivity contribution in [1.29, 1.82) is 0 Å². The highest BCUT2D eigenvalue weighted by atomic mass is 127. The van der Waals surface area contributed by atoms with Crippen LogP contribution in [0.25, 0.3) is 6.08 Å². The number of methoxy groups -OCH3 is 1. The van der Waals surface area contributed by atoms with Gasteiger partial charge in [0.2, 0.25) is 0 Å². The van der Waals surface area contributed by atoms with Crippen LogP contribution in [-0.4, -0.2) is 50.0 Å². The maximum atomic E-state index is 14.3. The van der Waals surface area contributed by atoms with Crippen molar-refractivity contribution < 1.29 is 38.0 Å². The van der Waals surface area contributed by atoms with Crippen LogP contribution in [0.4, 0.5) is 0 Å². The number of nitrogens with zero attached hydrogens (tertiary/aromatic N) is 2. The third-order valence-electron chi connectivity index (χ3n) is 7.58. The molecular weight excluding hydrogens is 811 g/mol. The summed E-state index contributed by atoms with van der Waals surface area (Å²) >= 11 is 9.55. The predicted molar refractivity (Wildman–Crippen MR) is 202 cm³/mol. The quantitative estimate of drug-likeness (QED) is 0.111. The van der Waals surface area contributed by atoms with Crippen molar-refractivity contribution in [3.05, 3.63) is 111 Å². The molecule has 0 fully saturated rings. The molecule has 3 aromatic carbocycles. The standard InChI is InChI=1S/C37H36ClIN2O9S/c1-6-46-28-18-24(12-13-27(28)49-20-31(42)45-5)33-32(36(44)48-8-3)21(4)40-37-41(33)35(43)30(51-37)17-23-15-26(39)34(29(16-23)47-7-2)50-19-22-10-9-11-25(38)14-22/h9-18,33H,6-8,19-20H2,1-5H3/b30-17+/t33-/m0/s1. The van der Waals surface area contributed by atoms with Crippen molar-refractivity contribution in [1.82, 2.24) is 4.57 Å². The molecule has 0 spiro atoms. The SMILES string of the molecule is CCOC(=O)C1=C(C)N=c2s/c(=C/c3cc(I)c(OCc4cccc(Cl)c4)c(OCC)c3)c(=O)n2[C@H]1c1ccc(OCC(=O)OC)c(OCC)c1. The minimum atomic E-state index is -0.891. The van der Waals surface area contributed by atoms with Crippen molar-refractivity contribution in [3.8, 4) is 23.0 Å².